The van der Waals surface area contributed by atoms with Crippen LogP contribution in [-0.2, 0) is 30.7 Å². The number of aromatic nitrogens is 2. The van der Waals surface area contributed by atoms with E-state index in [1.54, 1.807) is 17.0 Å². The summed E-state index contributed by atoms with van der Waals surface area (Å²) in [6.45, 7) is 4.38. The van der Waals surface area contributed by atoms with Crippen LogP contribution in [0.2, 0.25) is 20.6 Å². The number of halogens is 5. The number of pyridine rings is 2. The normalized spacial score (nSPS) is 17.1. The Balaban J connectivity index is 0.00000336. The van der Waals surface area contributed by atoms with Crippen molar-refractivity contribution in [1.82, 2.24) is 24.7 Å². The fraction of sp³-hybridized carbons (Fsp3) is 0.370. The molecule has 2 aromatic heterocycles. The summed E-state index contributed by atoms with van der Waals surface area (Å²) in [7, 11) is 1.85. The van der Waals surface area contributed by atoms with Gasteiger partial charge in [-0.25, -0.2) is 9.97 Å². The van der Waals surface area contributed by atoms with Gasteiger partial charge in [-0.2, -0.15) is 0 Å². The van der Waals surface area contributed by atoms with E-state index in [0.717, 1.165) is 43.9 Å². The Bertz CT molecular complexity index is 1250. The zero-order valence-electron chi connectivity index (χ0n) is 20.8. The third kappa shape index (κ3) is 6.39. The molecule has 0 saturated carbocycles. The van der Waals surface area contributed by atoms with Crippen LogP contribution in [0.25, 0.3) is 0 Å². The zero-order chi connectivity index (χ0) is 26.2. The number of rotatable bonds is 6. The summed E-state index contributed by atoms with van der Waals surface area (Å²) >= 11 is 24.4. The predicted molar refractivity (Wildman–Crippen MR) is 156 cm³/mol. The summed E-state index contributed by atoms with van der Waals surface area (Å²) in [5.41, 5.74) is 3.73. The SMILES string of the molecule is CN(Cc1cc(Cl)nc(Cl)c1)C(=O)C1(N2CCN(Cc3cc(Cl)nc(Cl)c3)CC2)Cc2ccccc2C1.Cl. The Kier molecular flexibility index (Phi) is 9.47. The van der Waals surface area contributed by atoms with E-state index in [2.05, 4.69) is 31.9 Å². The van der Waals surface area contributed by atoms with Crippen LogP contribution >= 0.6 is 58.8 Å². The molecule has 38 heavy (non-hydrogen) atoms. The molecule has 1 aliphatic heterocycles. The van der Waals surface area contributed by atoms with Crippen LogP contribution < -0.4 is 0 Å². The molecule has 1 aromatic carbocycles. The minimum Gasteiger partial charge on any atom is -0.340 e. The number of piperazine rings is 1. The summed E-state index contributed by atoms with van der Waals surface area (Å²) in [4.78, 5) is 28.8. The monoisotopic (exact) mass is 613 g/mol. The lowest BCUT2D eigenvalue weighted by Gasteiger charge is -2.46. The Morgan fingerprint density at radius 2 is 1.32 bits per heavy atom. The van der Waals surface area contributed by atoms with Crippen molar-refractivity contribution in [3.05, 3.63) is 91.4 Å². The number of hydrogen-bond donors (Lipinski definition) is 0. The molecule has 6 nitrogen and oxygen atoms in total. The largest absolute Gasteiger partial charge is 0.340 e. The average molecular weight is 616 g/mol. The highest BCUT2D eigenvalue weighted by Gasteiger charge is 2.50. The lowest BCUT2D eigenvalue weighted by Crippen LogP contribution is -2.64. The Morgan fingerprint density at radius 3 is 1.82 bits per heavy atom. The Hall–Kier alpha value is -1.64. The first-order chi connectivity index (χ1) is 17.7. The highest BCUT2D eigenvalue weighted by atomic mass is 35.5. The summed E-state index contributed by atoms with van der Waals surface area (Å²) in [5, 5.41) is 1.43. The number of carbonyl (C=O) groups excluding carboxylic acids is 1. The summed E-state index contributed by atoms with van der Waals surface area (Å²) in [6.07, 6.45) is 1.39. The van der Waals surface area contributed by atoms with Gasteiger partial charge in [-0.15, -0.1) is 12.4 Å². The average Bonchev–Trinajstić information content (AvgIpc) is 3.23. The molecule has 0 atom stereocenters. The van der Waals surface area contributed by atoms with Crippen molar-refractivity contribution < 1.29 is 4.79 Å². The molecule has 3 heterocycles. The highest BCUT2D eigenvalue weighted by Crippen LogP contribution is 2.37. The standard InChI is InChI=1S/C27H27Cl4N5O.ClH/c1-34(16-18-10-22(28)32-23(29)11-18)26(37)27(14-20-4-2-3-5-21(20)15-27)36-8-6-35(7-9-36)17-19-12-24(30)33-25(31)13-19;/h2-5,10-13H,6-9,14-17H2,1H3;1H. The van der Waals surface area contributed by atoms with Gasteiger partial charge in [-0.1, -0.05) is 70.7 Å². The summed E-state index contributed by atoms with van der Waals surface area (Å²) < 4.78 is 0. The zero-order valence-corrected chi connectivity index (χ0v) is 24.7. The van der Waals surface area contributed by atoms with Gasteiger partial charge < -0.3 is 4.90 Å². The minimum atomic E-state index is -0.631. The number of fused-ring (bicyclic) bond motifs is 1. The van der Waals surface area contributed by atoms with Crippen molar-refractivity contribution in [3.63, 3.8) is 0 Å². The van der Waals surface area contributed by atoms with E-state index >= 15 is 0 Å². The fourth-order valence-electron chi connectivity index (χ4n) is 5.61. The van der Waals surface area contributed by atoms with Crippen LogP contribution in [0, 0.1) is 0 Å². The molecular weight excluding hydrogens is 588 g/mol. The molecule has 202 valence electrons. The van der Waals surface area contributed by atoms with Gasteiger partial charge in [0, 0.05) is 59.2 Å². The first-order valence-electron chi connectivity index (χ1n) is 12.2. The maximum atomic E-state index is 14.2. The highest BCUT2D eigenvalue weighted by molar-refractivity contribution is 6.33. The first-order valence-corrected chi connectivity index (χ1v) is 13.7. The second-order valence-corrected chi connectivity index (χ2v) is 11.4. The van der Waals surface area contributed by atoms with E-state index in [9.17, 15) is 4.79 Å². The van der Waals surface area contributed by atoms with Crippen LogP contribution in [0.1, 0.15) is 22.3 Å². The lowest BCUT2D eigenvalue weighted by atomic mass is 9.90. The van der Waals surface area contributed by atoms with Crippen molar-refractivity contribution >= 4 is 64.7 Å². The molecule has 0 bridgehead atoms. The van der Waals surface area contributed by atoms with Crippen molar-refractivity contribution in [2.45, 2.75) is 31.5 Å². The second kappa shape index (κ2) is 12.3. The van der Waals surface area contributed by atoms with Crippen molar-refractivity contribution in [1.29, 1.82) is 0 Å². The van der Waals surface area contributed by atoms with Crippen LogP contribution in [0.3, 0.4) is 0 Å². The number of likely N-dealkylation sites (N-methyl/N-ethyl adjacent to an activating group) is 1. The molecule has 0 N–H and O–H groups in total. The van der Waals surface area contributed by atoms with Gasteiger partial charge in [0.05, 0.1) is 0 Å². The van der Waals surface area contributed by atoms with Gasteiger partial charge in [0.15, 0.2) is 0 Å². The quantitative estimate of drug-likeness (QED) is 0.327. The van der Waals surface area contributed by atoms with E-state index in [4.69, 9.17) is 46.4 Å². The molecule has 1 aliphatic carbocycles. The molecule has 0 radical (unpaired) electrons. The maximum Gasteiger partial charge on any atom is 0.243 e. The van der Waals surface area contributed by atoms with E-state index < -0.39 is 5.54 Å². The summed E-state index contributed by atoms with van der Waals surface area (Å²) in [5.74, 6) is 0.105. The van der Waals surface area contributed by atoms with E-state index in [-0.39, 0.29) is 18.3 Å². The third-order valence-corrected chi connectivity index (χ3v) is 8.05. The first kappa shape index (κ1) is 29.3. The van der Waals surface area contributed by atoms with E-state index in [1.165, 1.54) is 11.1 Å². The predicted octanol–water partition coefficient (Wildman–Crippen LogP) is 5.83. The lowest BCUT2D eigenvalue weighted by molar-refractivity contribution is -0.145. The van der Waals surface area contributed by atoms with Gasteiger partial charge in [-0.3, -0.25) is 14.6 Å². The molecule has 1 amide bonds. The van der Waals surface area contributed by atoms with Crippen LogP contribution in [0.15, 0.2) is 48.5 Å². The molecule has 1 saturated heterocycles. The van der Waals surface area contributed by atoms with Crippen LogP contribution in [0.5, 0.6) is 0 Å². The molecule has 0 unspecified atom stereocenters. The molecule has 2 aliphatic rings. The number of amides is 1. The maximum absolute atomic E-state index is 14.2. The molecule has 11 heteroatoms. The van der Waals surface area contributed by atoms with Gasteiger partial charge in [0.1, 0.15) is 26.2 Å². The summed E-state index contributed by atoms with van der Waals surface area (Å²) in [6, 6.07) is 15.6. The van der Waals surface area contributed by atoms with Crippen molar-refractivity contribution in [2.75, 3.05) is 33.2 Å². The molecular formula is C27H28Cl5N5O. The van der Waals surface area contributed by atoms with Gasteiger partial charge >= 0.3 is 0 Å². The molecule has 0 spiro atoms. The van der Waals surface area contributed by atoms with Crippen molar-refractivity contribution in [2.24, 2.45) is 0 Å². The van der Waals surface area contributed by atoms with Crippen LogP contribution in [-0.4, -0.2) is 69.3 Å². The smallest absolute Gasteiger partial charge is 0.243 e. The minimum absolute atomic E-state index is 0. The number of hydrogen-bond acceptors (Lipinski definition) is 5. The third-order valence-electron chi connectivity index (χ3n) is 7.28. The van der Waals surface area contributed by atoms with Gasteiger partial charge in [-0.05, 0) is 46.5 Å². The van der Waals surface area contributed by atoms with Crippen LogP contribution in [0.4, 0.5) is 0 Å². The molecule has 5 rings (SSSR count). The topological polar surface area (TPSA) is 52.6 Å². The fourth-order valence-corrected chi connectivity index (χ4v) is 6.62. The number of benzene rings is 1. The second-order valence-electron chi connectivity index (χ2n) is 9.82. The molecule has 3 aromatic rings. The van der Waals surface area contributed by atoms with Crippen molar-refractivity contribution in [3.8, 4) is 0 Å². The van der Waals surface area contributed by atoms with Gasteiger partial charge in [0.25, 0.3) is 0 Å². The van der Waals surface area contributed by atoms with E-state index in [0.29, 0.717) is 40.0 Å². The molecule has 1 fully saturated rings. The number of carbonyl (C=O) groups is 1. The Labute approximate surface area is 249 Å². The number of nitrogens with zero attached hydrogens (tertiary/aromatic N) is 5. The van der Waals surface area contributed by atoms with E-state index in [1.807, 2.05) is 31.3 Å². The Morgan fingerprint density at radius 1 is 0.842 bits per heavy atom. The van der Waals surface area contributed by atoms with Gasteiger partial charge in [0.2, 0.25) is 5.91 Å².